The van der Waals surface area contributed by atoms with E-state index in [1.54, 1.807) is 0 Å². The molecule has 1 N–H and O–H groups in total. The van der Waals surface area contributed by atoms with Gasteiger partial charge in [0.2, 0.25) is 0 Å². The highest BCUT2D eigenvalue weighted by molar-refractivity contribution is 7.85. The van der Waals surface area contributed by atoms with Gasteiger partial charge in [-0.3, -0.25) is 4.55 Å². The fourth-order valence-corrected chi connectivity index (χ4v) is 1.39. The van der Waals surface area contributed by atoms with Crippen LogP contribution in [0.25, 0.3) is 0 Å². The third kappa shape index (κ3) is 2.88. The van der Waals surface area contributed by atoms with E-state index < -0.39 is 37.5 Å². The van der Waals surface area contributed by atoms with Gasteiger partial charge in [-0.05, 0) is 16.0 Å². The summed E-state index contributed by atoms with van der Waals surface area (Å²) >= 11 is 0. The average Bonchev–Trinajstić information content (AvgIpc) is 2.14. The van der Waals surface area contributed by atoms with E-state index in [0.29, 0.717) is 0 Å². The minimum atomic E-state index is -5.16. The second-order valence-electron chi connectivity index (χ2n) is 2.77. The lowest BCUT2D eigenvalue weighted by atomic mass is 10.2. The van der Waals surface area contributed by atoms with Crippen molar-refractivity contribution < 1.29 is 31.1 Å². The Morgan fingerprint density at radius 3 is 2.29 bits per heavy atom. The maximum atomic E-state index is 12.4. The van der Waals surface area contributed by atoms with Gasteiger partial charge in [0.05, 0.1) is 0 Å². The van der Waals surface area contributed by atoms with Crippen molar-refractivity contribution in [1.29, 1.82) is 0 Å². The van der Waals surface area contributed by atoms with Gasteiger partial charge < -0.3 is 10.1 Å². The Morgan fingerprint density at radius 2 is 1.94 bits per heavy atom. The molecule has 0 aliphatic rings. The van der Waals surface area contributed by atoms with Crippen LogP contribution in [0.15, 0.2) is 17.2 Å². The number of halogens is 3. The van der Waals surface area contributed by atoms with Crippen molar-refractivity contribution in [2.45, 2.75) is 11.1 Å². The third-order valence-electron chi connectivity index (χ3n) is 1.62. The van der Waals surface area contributed by atoms with E-state index in [2.05, 4.69) is 4.98 Å². The zero-order valence-electron chi connectivity index (χ0n) is 7.67. The number of alkyl halides is 3. The molecule has 94 valence electrons. The molecule has 11 heteroatoms. The highest BCUT2D eigenvalue weighted by Gasteiger charge is 2.40. The Bertz CT molecular complexity index is 568. The summed E-state index contributed by atoms with van der Waals surface area (Å²) in [6, 6.07) is -0.0551. The summed E-state index contributed by atoms with van der Waals surface area (Å²) in [7, 11) is -4.91. The third-order valence-corrected chi connectivity index (χ3v) is 2.44. The molecule has 0 bridgehead atoms. The van der Waals surface area contributed by atoms with Crippen LogP contribution < -0.4 is 0 Å². The van der Waals surface area contributed by atoms with Gasteiger partial charge in [-0.1, -0.05) is 0 Å². The molecule has 7 nitrogen and oxygen atoms in total. The Balaban J connectivity index is 3.57. The second-order valence-corrected chi connectivity index (χ2v) is 4.19. The molecule has 0 aliphatic carbocycles. The molecule has 0 amide bonds. The second kappa shape index (κ2) is 3.92. The molecule has 0 unspecified atom stereocenters. The largest absolute Gasteiger partial charge is 0.424 e. The van der Waals surface area contributed by atoms with Gasteiger partial charge >= 0.3 is 12.0 Å². The molecule has 0 saturated carbocycles. The summed E-state index contributed by atoms with van der Waals surface area (Å²) < 4.78 is 66.7. The van der Waals surface area contributed by atoms with E-state index in [0.717, 1.165) is 0 Å². The minimum absolute atomic E-state index is 0.0551. The summed E-state index contributed by atoms with van der Waals surface area (Å²) in [5, 5.41) is 10.3. The van der Waals surface area contributed by atoms with Gasteiger partial charge in [-0.25, -0.2) is 0 Å². The molecule has 0 atom stereocenters. The van der Waals surface area contributed by atoms with Crippen LogP contribution in [0.4, 0.5) is 19.0 Å². The van der Waals surface area contributed by atoms with Crippen molar-refractivity contribution in [2.75, 3.05) is 0 Å². The van der Waals surface area contributed by atoms with E-state index in [9.17, 15) is 31.7 Å². The molecule has 0 radical (unpaired) electrons. The summed E-state index contributed by atoms with van der Waals surface area (Å²) in [4.78, 5) is 10.4. The summed E-state index contributed by atoms with van der Waals surface area (Å²) in [5.41, 5.74) is -1.85. The van der Waals surface area contributed by atoms with Gasteiger partial charge in [-0.15, -0.1) is 0 Å². The molecular formula is C6H3F3N2O5S. The SMILES string of the molecule is O=[N+]([O-])c1ncc(S(=O)(=O)O)cc1C(F)(F)F. The predicted octanol–water partition coefficient (Wildman–Crippen LogP) is 1.26. The van der Waals surface area contributed by atoms with Crippen molar-refractivity contribution in [3.63, 3.8) is 0 Å². The maximum absolute atomic E-state index is 12.4. The first kappa shape index (κ1) is 13.3. The average molecular weight is 272 g/mol. The lowest BCUT2D eigenvalue weighted by Gasteiger charge is -2.07. The van der Waals surface area contributed by atoms with Crippen LogP contribution in [0.2, 0.25) is 0 Å². The quantitative estimate of drug-likeness (QED) is 0.493. The number of aromatic nitrogens is 1. The minimum Gasteiger partial charge on any atom is -0.358 e. The molecule has 1 rings (SSSR count). The van der Waals surface area contributed by atoms with E-state index in [4.69, 9.17) is 4.55 Å². The zero-order valence-corrected chi connectivity index (χ0v) is 8.49. The molecule has 0 saturated heterocycles. The number of hydrogen-bond donors (Lipinski definition) is 1. The molecule has 0 aromatic carbocycles. The van der Waals surface area contributed by atoms with Crippen molar-refractivity contribution in [2.24, 2.45) is 0 Å². The van der Waals surface area contributed by atoms with E-state index in [1.807, 2.05) is 0 Å². The van der Waals surface area contributed by atoms with Crippen molar-refractivity contribution in [3.05, 3.63) is 27.9 Å². The highest BCUT2D eigenvalue weighted by Crippen LogP contribution is 2.35. The number of nitrogens with zero attached hydrogens (tertiary/aromatic N) is 2. The number of pyridine rings is 1. The Morgan fingerprint density at radius 1 is 1.41 bits per heavy atom. The van der Waals surface area contributed by atoms with E-state index in [-0.39, 0.29) is 12.3 Å². The Hall–Kier alpha value is -1.75. The molecule has 17 heavy (non-hydrogen) atoms. The van der Waals surface area contributed by atoms with Crippen LogP contribution >= 0.6 is 0 Å². The maximum Gasteiger partial charge on any atom is 0.424 e. The molecule has 0 fully saturated rings. The van der Waals surface area contributed by atoms with Crippen molar-refractivity contribution in [3.8, 4) is 0 Å². The predicted molar refractivity (Wildman–Crippen MR) is 45.7 cm³/mol. The van der Waals surface area contributed by atoms with Crippen LogP contribution in [0.5, 0.6) is 0 Å². The Labute approximate surface area is 91.8 Å². The molecule has 1 heterocycles. The summed E-state index contributed by atoms with van der Waals surface area (Å²) in [6.07, 6.45) is -4.89. The van der Waals surface area contributed by atoms with Gasteiger partial charge in [0.1, 0.15) is 4.90 Å². The van der Waals surface area contributed by atoms with Crippen LogP contribution in [0.1, 0.15) is 5.56 Å². The fourth-order valence-electron chi connectivity index (χ4n) is 0.934. The normalized spacial score (nSPS) is 12.5. The molecule has 1 aromatic rings. The van der Waals surface area contributed by atoms with Crippen molar-refractivity contribution >= 4 is 15.9 Å². The van der Waals surface area contributed by atoms with E-state index in [1.165, 1.54) is 0 Å². The van der Waals surface area contributed by atoms with Gasteiger partial charge in [0.25, 0.3) is 10.1 Å². The first-order chi connectivity index (χ1) is 7.53. The Kier molecular flexibility index (Phi) is 3.07. The van der Waals surface area contributed by atoms with Crippen LogP contribution in [0, 0.1) is 10.1 Å². The smallest absolute Gasteiger partial charge is 0.358 e. The van der Waals surface area contributed by atoms with Crippen molar-refractivity contribution in [1.82, 2.24) is 4.98 Å². The van der Waals surface area contributed by atoms with E-state index >= 15 is 0 Å². The topological polar surface area (TPSA) is 110 Å². The van der Waals surface area contributed by atoms with Gasteiger partial charge in [0, 0.05) is 0 Å². The number of hydrogen-bond acceptors (Lipinski definition) is 5. The first-order valence-corrected chi connectivity index (χ1v) is 5.16. The summed E-state index contributed by atoms with van der Waals surface area (Å²) in [6.45, 7) is 0. The fraction of sp³-hybridized carbons (Fsp3) is 0.167. The monoisotopic (exact) mass is 272 g/mol. The number of nitro groups is 1. The standard InChI is InChI=1S/C6H3F3N2O5S/c7-6(8,9)4-1-3(17(14,15)16)2-10-5(4)11(12)13/h1-2H,(H,14,15,16). The molecular weight excluding hydrogens is 269 g/mol. The molecule has 0 aliphatic heterocycles. The van der Waals surface area contributed by atoms with Crippen LogP contribution in [-0.4, -0.2) is 22.9 Å². The molecule has 0 spiro atoms. The number of rotatable bonds is 2. The van der Waals surface area contributed by atoms with Gasteiger partial charge in [-0.2, -0.15) is 21.6 Å². The highest BCUT2D eigenvalue weighted by atomic mass is 32.2. The lowest BCUT2D eigenvalue weighted by Crippen LogP contribution is -2.12. The molecule has 1 aromatic heterocycles. The first-order valence-electron chi connectivity index (χ1n) is 3.72. The summed E-state index contributed by atoms with van der Waals surface area (Å²) in [5.74, 6) is -1.54. The van der Waals surface area contributed by atoms with Crippen LogP contribution in [0.3, 0.4) is 0 Å². The zero-order chi connectivity index (χ0) is 13.4. The van der Waals surface area contributed by atoms with Crippen LogP contribution in [-0.2, 0) is 16.3 Å². The lowest BCUT2D eigenvalue weighted by molar-refractivity contribution is -0.392. The van der Waals surface area contributed by atoms with Gasteiger partial charge in [0.15, 0.2) is 11.8 Å².